The van der Waals surface area contributed by atoms with E-state index in [0.717, 1.165) is 18.2 Å². The lowest BCUT2D eigenvalue weighted by Crippen LogP contribution is -2.33. The number of aliphatic imine (C=N–C) groups is 1. The number of rotatable bonds is 6. The van der Waals surface area contributed by atoms with Crippen LogP contribution in [0.25, 0.3) is 0 Å². The minimum absolute atomic E-state index is 0.112. The standard InChI is InChI=1S/C18H18F3N3O3/c1-26-9-10-27-17(23-12-15-7-2-3-8-22-15)24-16(25)13-5-4-6-14(11-13)18(19,20)21/h2-8,11H,9-10,12H2,1H3,(H,23,24,25). The Morgan fingerprint density at radius 3 is 2.67 bits per heavy atom. The van der Waals surface area contributed by atoms with Crippen molar-refractivity contribution in [2.24, 2.45) is 4.99 Å². The molecule has 0 aliphatic heterocycles. The normalized spacial score (nSPS) is 11.9. The molecule has 0 bridgehead atoms. The first-order valence-electron chi connectivity index (χ1n) is 7.95. The molecule has 0 saturated carbocycles. The first kappa shape index (κ1) is 20.4. The van der Waals surface area contributed by atoms with Gasteiger partial charge in [0.2, 0.25) is 0 Å². The SMILES string of the molecule is COCCOC(=NCc1ccccn1)NC(=O)c1cccc(C(F)(F)F)c1. The molecular weight excluding hydrogens is 363 g/mol. The van der Waals surface area contributed by atoms with Crippen LogP contribution in [-0.2, 0) is 22.2 Å². The molecule has 1 aromatic heterocycles. The molecule has 0 aliphatic carbocycles. The number of ether oxygens (including phenoxy) is 2. The Morgan fingerprint density at radius 2 is 2.00 bits per heavy atom. The fraction of sp³-hybridized carbons (Fsp3) is 0.278. The van der Waals surface area contributed by atoms with Gasteiger partial charge in [0.25, 0.3) is 11.9 Å². The minimum Gasteiger partial charge on any atom is -0.463 e. The molecule has 0 aliphatic rings. The summed E-state index contributed by atoms with van der Waals surface area (Å²) in [4.78, 5) is 20.5. The van der Waals surface area contributed by atoms with Gasteiger partial charge in [-0.05, 0) is 30.3 Å². The average Bonchev–Trinajstić information content (AvgIpc) is 2.66. The Balaban J connectivity index is 2.12. The maximum atomic E-state index is 12.8. The zero-order valence-electron chi connectivity index (χ0n) is 14.5. The Labute approximate surface area is 154 Å². The first-order valence-corrected chi connectivity index (χ1v) is 7.95. The quantitative estimate of drug-likeness (QED) is 0.474. The van der Waals surface area contributed by atoms with Gasteiger partial charge in [0.1, 0.15) is 6.61 Å². The molecule has 0 fully saturated rings. The van der Waals surface area contributed by atoms with Crippen molar-refractivity contribution in [3.05, 3.63) is 65.5 Å². The van der Waals surface area contributed by atoms with E-state index < -0.39 is 17.6 Å². The second kappa shape index (κ2) is 9.67. The zero-order valence-corrected chi connectivity index (χ0v) is 14.5. The summed E-state index contributed by atoms with van der Waals surface area (Å²) in [7, 11) is 1.48. The van der Waals surface area contributed by atoms with Crippen LogP contribution in [0.1, 0.15) is 21.6 Å². The minimum atomic E-state index is -4.54. The molecule has 0 spiro atoms. The van der Waals surface area contributed by atoms with Gasteiger partial charge >= 0.3 is 6.18 Å². The van der Waals surface area contributed by atoms with E-state index in [1.54, 1.807) is 24.4 Å². The highest BCUT2D eigenvalue weighted by Crippen LogP contribution is 2.29. The summed E-state index contributed by atoms with van der Waals surface area (Å²) < 4.78 is 48.6. The van der Waals surface area contributed by atoms with E-state index in [1.807, 2.05) is 0 Å². The number of alkyl halides is 3. The maximum absolute atomic E-state index is 12.8. The van der Waals surface area contributed by atoms with Crippen molar-refractivity contribution in [1.29, 1.82) is 0 Å². The number of methoxy groups -OCH3 is 1. The monoisotopic (exact) mass is 381 g/mol. The number of hydrogen-bond donors (Lipinski definition) is 1. The number of amidine groups is 1. The number of nitrogens with one attached hydrogen (secondary N) is 1. The molecule has 1 aromatic carbocycles. The van der Waals surface area contributed by atoms with Gasteiger partial charge in [-0.25, -0.2) is 4.99 Å². The third-order valence-electron chi connectivity index (χ3n) is 3.31. The Bertz CT molecular complexity index is 780. The van der Waals surface area contributed by atoms with Gasteiger partial charge in [-0.15, -0.1) is 0 Å². The van der Waals surface area contributed by atoms with Crippen LogP contribution >= 0.6 is 0 Å². The van der Waals surface area contributed by atoms with Crippen LogP contribution in [0, 0.1) is 0 Å². The van der Waals surface area contributed by atoms with Crippen LogP contribution < -0.4 is 5.32 Å². The van der Waals surface area contributed by atoms with Crippen LogP contribution in [0.4, 0.5) is 13.2 Å². The van der Waals surface area contributed by atoms with E-state index in [0.29, 0.717) is 5.69 Å². The van der Waals surface area contributed by atoms with Crippen LogP contribution in [0.3, 0.4) is 0 Å². The highest BCUT2D eigenvalue weighted by Gasteiger charge is 2.31. The van der Waals surface area contributed by atoms with Crippen molar-refractivity contribution >= 4 is 11.9 Å². The van der Waals surface area contributed by atoms with Gasteiger partial charge in [-0.2, -0.15) is 13.2 Å². The summed E-state index contributed by atoms with van der Waals surface area (Å²) in [5.74, 6) is -0.765. The number of nitrogens with zero attached hydrogens (tertiary/aromatic N) is 2. The number of halogens is 3. The molecule has 1 heterocycles. The molecule has 144 valence electrons. The first-order chi connectivity index (χ1) is 12.9. The van der Waals surface area contributed by atoms with E-state index >= 15 is 0 Å². The van der Waals surface area contributed by atoms with Crippen molar-refractivity contribution in [3.8, 4) is 0 Å². The number of carbonyl (C=O) groups is 1. The fourth-order valence-electron chi connectivity index (χ4n) is 1.99. The van der Waals surface area contributed by atoms with Gasteiger partial charge in [0.05, 0.1) is 24.4 Å². The summed E-state index contributed by atoms with van der Waals surface area (Å²) in [5.41, 5.74) is -0.438. The molecule has 0 unspecified atom stereocenters. The third-order valence-corrected chi connectivity index (χ3v) is 3.31. The molecule has 6 nitrogen and oxygen atoms in total. The highest BCUT2D eigenvalue weighted by molar-refractivity contribution is 6.04. The lowest BCUT2D eigenvalue weighted by atomic mass is 10.1. The smallest absolute Gasteiger partial charge is 0.416 e. The second-order valence-electron chi connectivity index (χ2n) is 5.32. The van der Waals surface area contributed by atoms with Crippen LogP contribution in [0.15, 0.2) is 53.7 Å². The predicted octanol–water partition coefficient (Wildman–Crippen LogP) is 3.05. The van der Waals surface area contributed by atoms with Crippen molar-refractivity contribution in [3.63, 3.8) is 0 Å². The molecule has 0 atom stereocenters. The molecule has 9 heteroatoms. The van der Waals surface area contributed by atoms with Gasteiger partial charge in [0.15, 0.2) is 0 Å². The molecule has 1 amide bonds. The Kier molecular flexibility index (Phi) is 7.30. The van der Waals surface area contributed by atoms with E-state index in [2.05, 4.69) is 15.3 Å². The lowest BCUT2D eigenvalue weighted by molar-refractivity contribution is -0.137. The average molecular weight is 381 g/mol. The van der Waals surface area contributed by atoms with Crippen molar-refractivity contribution in [2.75, 3.05) is 20.3 Å². The molecule has 2 rings (SSSR count). The third kappa shape index (κ3) is 6.70. The lowest BCUT2D eigenvalue weighted by Gasteiger charge is -2.12. The fourth-order valence-corrected chi connectivity index (χ4v) is 1.99. The predicted molar refractivity (Wildman–Crippen MR) is 92.1 cm³/mol. The summed E-state index contributed by atoms with van der Waals surface area (Å²) in [6.45, 7) is 0.495. The van der Waals surface area contributed by atoms with Crippen molar-refractivity contribution < 1.29 is 27.4 Å². The Hall–Kier alpha value is -2.94. The summed E-state index contributed by atoms with van der Waals surface area (Å²) in [5, 5.41) is 2.38. The zero-order chi connectivity index (χ0) is 19.7. The number of carbonyl (C=O) groups excluding carboxylic acids is 1. The number of pyridine rings is 1. The molecule has 0 radical (unpaired) electrons. The van der Waals surface area contributed by atoms with Crippen LogP contribution in [-0.4, -0.2) is 37.2 Å². The molecule has 0 saturated heterocycles. The Morgan fingerprint density at radius 1 is 1.19 bits per heavy atom. The van der Waals surface area contributed by atoms with Gasteiger partial charge in [-0.1, -0.05) is 12.1 Å². The summed E-state index contributed by atoms with van der Waals surface area (Å²) in [6.07, 6.45) is -2.95. The largest absolute Gasteiger partial charge is 0.463 e. The molecule has 2 aromatic rings. The topological polar surface area (TPSA) is 72.8 Å². The van der Waals surface area contributed by atoms with Gasteiger partial charge in [-0.3, -0.25) is 15.1 Å². The van der Waals surface area contributed by atoms with Crippen LogP contribution in [0.5, 0.6) is 0 Å². The molecule has 27 heavy (non-hydrogen) atoms. The molecule has 1 N–H and O–H groups in total. The van der Waals surface area contributed by atoms with E-state index in [-0.39, 0.29) is 31.3 Å². The number of amides is 1. The summed E-state index contributed by atoms with van der Waals surface area (Å²) in [6, 6.07) is 9.24. The highest BCUT2D eigenvalue weighted by atomic mass is 19.4. The summed E-state index contributed by atoms with van der Waals surface area (Å²) >= 11 is 0. The van der Waals surface area contributed by atoms with Gasteiger partial charge < -0.3 is 9.47 Å². The maximum Gasteiger partial charge on any atom is 0.416 e. The van der Waals surface area contributed by atoms with Crippen molar-refractivity contribution in [2.45, 2.75) is 12.7 Å². The van der Waals surface area contributed by atoms with Gasteiger partial charge in [0, 0.05) is 18.9 Å². The van der Waals surface area contributed by atoms with Crippen LogP contribution in [0.2, 0.25) is 0 Å². The van der Waals surface area contributed by atoms with E-state index in [1.165, 1.54) is 13.2 Å². The van der Waals surface area contributed by atoms with E-state index in [4.69, 9.17) is 9.47 Å². The molecular formula is C18H18F3N3O3. The number of aromatic nitrogens is 1. The number of benzene rings is 1. The number of hydrogen-bond acceptors (Lipinski definition) is 5. The van der Waals surface area contributed by atoms with Crippen molar-refractivity contribution in [1.82, 2.24) is 10.3 Å². The second-order valence-corrected chi connectivity index (χ2v) is 5.32. The van der Waals surface area contributed by atoms with E-state index in [9.17, 15) is 18.0 Å².